The molecule has 0 spiro atoms. The Morgan fingerprint density at radius 2 is 1.35 bits per heavy atom. The summed E-state index contributed by atoms with van der Waals surface area (Å²) in [6.07, 6.45) is 0. The summed E-state index contributed by atoms with van der Waals surface area (Å²) in [4.78, 5) is 12.2. The molecule has 3 rings (SSSR count). The number of rotatable bonds is 7. The maximum Gasteiger partial charge on any atom is 0.234 e. The molecule has 0 aliphatic rings. The lowest BCUT2D eigenvalue weighted by molar-refractivity contribution is -0.120. The van der Waals surface area contributed by atoms with Crippen molar-refractivity contribution in [3.63, 3.8) is 0 Å². The zero-order chi connectivity index (χ0) is 18.2. The molecule has 0 bridgehead atoms. The molecule has 4 heteroatoms. The van der Waals surface area contributed by atoms with Gasteiger partial charge >= 0.3 is 0 Å². The first-order valence-corrected chi connectivity index (χ1v) is 8.57. The number of halogens is 1. The molecule has 0 aromatic heterocycles. The van der Waals surface area contributed by atoms with Gasteiger partial charge < -0.3 is 5.32 Å². The van der Waals surface area contributed by atoms with Crippen LogP contribution in [0.3, 0.4) is 0 Å². The minimum Gasteiger partial charge on any atom is -0.351 e. The number of carbonyl (C=O) groups excluding carboxylic acids is 1. The smallest absolute Gasteiger partial charge is 0.234 e. The Bertz CT molecular complexity index is 798. The third-order valence-electron chi connectivity index (χ3n) is 4.17. The van der Waals surface area contributed by atoms with Crippen molar-refractivity contribution in [2.24, 2.45) is 0 Å². The van der Waals surface area contributed by atoms with E-state index in [1.54, 1.807) is 18.2 Å². The van der Waals surface area contributed by atoms with E-state index in [9.17, 15) is 9.18 Å². The van der Waals surface area contributed by atoms with Gasteiger partial charge in [-0.25, -0.2) is 4.39 Å². The molecule has 3 nitrogen and oxygen atoms in total. The first-order valence-electron chi connectivity index (χ1n) is 8.57. The summed E-state index contributed by atoms with van der Waals surface area (Å²) < 4.78 is 13.6. The average Bonchev–Trinajstić information content (AvgIpc) is 2.69. The molecule has 0 saturated heterocycles. The van der Waals surface area contributed by atoms with Crippen molar-refractivity contribution in [3.05, 3.63) is 107 Å². The Labute approximate surface area is 152 Å². The molecule has 0 radical (unpaired) electrons. The fourth-order valence-electron chi connectivity index (χ4n) is 2.81. The van der Waals surface area contributed by atoms with Gasteiger partial charge in [0.05, 0.1) is 12.6 Å². The Hall–Kier alpha value is -2.98. The largest absolute Gasteiger partial charge is 0.351 e. The SMILES string of the molecule is O=C(CNC(c1ccccc1)c1ccccc1)NCc1ccccc1F. The number of benzene rings is 3. The first kappa shape index (κ1) is 17.8. The van der Waals surface area contributed by atoms with Crippen LogP contribution in [-0.4, -0.2) is 12.5 Å². The minimum atomic E-state index is -0.313. The van der Waals surface area contributed by atoms with Crippen molar-refractivity contribution in [1.29, 1.82) is 0 Å². The van der Waals surface area contributed by atoms with E-state index in [0.29, 0.717) is 5.56 Å². The standard InChI is InChI=1S/C22H21FN2O/c23-20-14-8-7-13-19(20)15-24-21(26)16-25-22(17-9-3-1-4-10-17)18-11-5-2-6-12-18/h1-14,22,25H,15-16H2,(H,24,26). The van der Waals surface area contributed by atoms with Crippen LogP contribution in [0.15, 0.2) is 84.9 Å². The van der Waals surface area contributed by atoms with Gasteiger partial charge in [-0.1, -0.05) is 78.9 Å². The molecule has 0 aliphatic heterocycles. The second-order valence-corrected chi connectivity index (χ2v) is 6.00. The maximum absolute atomic E-state index is 13.6. The topological polar surface area (TPSA) is 41.1 Å². The number of hydrogen-bond acceptors (Lipinski definition) is 2. The first-order chi connectivity index (χ1) is 12.7. The van der Waals surface area contributed by atoms with Crippen LogP contribution in [-0.2, 0) is 11.3 Å². The summed E-state index contributed by atoms with van der Waals surface area (Å²) in [5.74, 6) is -0.489. The van der Waals surface area contributed by atoms with E-state index >= 15 is 0 Å². The van der Waals surface area contributed by atoms with Gasteiger partial charge in [-0.15, -0.1) is 0 Å². The van der Waals surface area contributed by atoms with Gasteiger partial charge in [0.2, 0.25) is 5.91 Å². The molecule has 0 saturated carbocycles. The summed E-state index contributed by atoms with van der Waals surface area (Å²) in [6, 6.07) is 26.3. The van der Waals surface area contributed by atoms with Gasteiger partial charge in [0.1, 0.15) is 5.82 Å². The number of amides is 1. The van der Waals surface area contributed by atoms with Gasteiger partial charge in [0.25, 0.3) is 0 Å². The molecule has 3 aromatic rings. The highest BCUT2D eigenvalue weighted by Crippen LogP contribution is 2.21. The highest BCUT2D eigenvalue weighted by molar-refractivity contribution is 5.78. The lowest BCUT2D eigenvalue weighted by Crippen LogP contribution is -2.36. The van der Waals surface area contributed by atoms with Crippen LogP contribution < -0.4 is 10.6 Å². The van der Waals surface area contributed by atoms with Gasteiger partial charge in [0.15, 0.2) is 0 Å². The Morgan fingerprint density at radius 3 is 1.92 bits per heavy atom. The summed E-state index contributed by atoms with van der Waals surface area (Å²) in [5, 5.41) is 6.05. The van der Waals surface area contributed by atoms with E-state index in [1.165, 1.54) is 6.07 Å². The monoisotopic (exact) mass is 348 g/mol. The molecule has 0 atom stereocenters. The van der Waals surface area contributed by atoms with E-state index in [0.717, 1.165) is 11.1 Å². The van der Waals surface area contributed by atoms with Crippen LogP contribution in [0, 0.1) is 5.82 Å². The van der Waals surface area contributed by atoms with Gasteiger partial charge in [-0.3, -0.25) is 10.1 Å². The highest BCUT2D eigenvalue weighted by atomic mass is 19.1. The summed E-state index contributed by atoms with van der Waals surface area (Å²) in [7, 11) is 0. The van der Waals surface area contributed by atoms with Gasteiger partial charge in [0, 0.05) is 12.1 Å². The van der Waals surface area contributed by atoms with Gasteiger partial charge in [-0.05, 0) is 17.2 Å². The Balaban J connectivity index is 1.63. The minimum absolute atomic E-state index is 0.0865. The molecule has 132 valence electrons. The molecule has 0 aliphatic carbocycles. The van der Waals surface area contributed by atoms with Crippen LogP contribution in [0.4, 0.5) is 4.39 Å². The van der Waals surface area contributed by atoms with E-state index in [2.05, 4.69) is 10.6 Å². The second-order valence-electron chi connectivity index (χ2n) is 6.00. The van der Waals surface area contributed by atoms with Gasteiger partial charge in [-0.2, -0.15) is 0 Å². The lowest BCUT2D eigenvalue weighted by atomic mass is 9.99. The second kappa shape index (κ2) is 8.92. The van der Waals surface area contributed by atoms with Crippen molar-refractivity contribution in [2.75, 3.05) is 6.54 Å². The Morgan fingerprint density at radius 1 is 0.808 bits per heavy atom. The van der Waals surface area contributed by atoms with Crippen LogP contribution >= 0.6 is 0 Å². The molecule has 0 heterocycles. The third-order valence-corrected chi connectivity index (χ3v) is 4.17. The van der Waals surface area contributed by atoms with E-state index in [4.69, 9.17) is 0 Å². The van der Waals surface area contributed by atoms with Crippen LogP contribution in [0.5, 0.6) is 0 Å². The van der Waals surface area contributed by atoms with E-state index in [1.807, 2.05) is 60.7 Å². The predicted octanol–water partition coefficient (Wildman–Crippen LogP) is 3.82. The van der Waals surface area contributed by atoms with Crippen molar-refractivity contribution in [3.8, 4) is 0 Å². The molecule has 3 aromatic carbocycles. The number of carbonyl (C=O) groups is 1. The fourth-order valence-corrected chi connectivity index (χ4v) is 2.81. The summed E-state index contributed by atoms with van der Waals surface area (Å²) in [6.45, 7) is 0.317. The lowest BCUT2D eigenvalue weighted by Gasteiger charge is -2.19. The van der Waals surface area contributed by atoms with Crippen molar-refractivity contribution >= 4 is 5.91 Å². The van der Waals surface area contributed by atoms with Crippen LogP contribution in [0.1, 0.15) is 22.7 Å². The number of nitrogens with one attached hydrogen (secondary N) is 2. The van der Waals surface area contributed by atoms with Crippen molar-refractivity contribution < 1.29 is 9.18 Å². The molecule has 0 fully saturated rings. The molecular formula is C22H21FN2O. The highest BCUT2D eigenvalue weighted by Gasteiger charge is 2.14. The zero-order valence-electron chi connectivity index (χ0n) is 14.4. The maximum atomic E-state index is 13.6. The van der Waals surface area contributed by atoms with Crippen LogP contribution in [0.25, 0.3) is 0 Å². The molecule has 2 N–H and O–H groups in total. The Kier molecular flexibility index (Phi) is 6.12. The molecule has 26 heavy (non-hydrogen) atoms. The van der Waals surface area contributed by atoms with Crippen molar-refractivity contribution in [1.82, 2.24) is 10.6 Å². The van der Waals surface area contributed by atoms with E-state index < -0.39 is 0 Å². The zero-order valence-corrected chi connectivity index (χ0v) is 14.4. The average molecular weight is 348 g/mol. The fraction of sp³-hybridized carbons (Fsp3) is 0.136. The van der Waals surface area contributed by atoms with Crippen LogP contribution in [0.2, 0.25) is 0 Å². The molecule has 1 amide bonds. The molecular weight excluding hydrogens is 327 g/mol. The number of hydrogen-bond donors (Lipinski definition) is 2. The van der Waals surface area contributed by atoms with Crippen molar-refractivity contribution in [2.45, 2.75) is 12.6 Å². The van der Waals surface area contributed by atoms with E-state index in [-0.39, 0.29) is 30.9 Å². The third kappa shape index (κ3) is 4.77. The molecule has 0 unspecified atom stereocenters. The quantitative estimate of drug-likeness (QED) is 0.681. The predicted molar refractivity (Wildman–Crippen MR) is 101 cm³/mol. The summed E-state index contributed by atoms with van der Waals surface area (Å²) in [5.41, 5.74) is 2.64. The normalized spacial score (nSPS) is 10.7. The summed E-state index contributed by atoms with van der Waals surface area (Å²) >= 11 is 0.